The second-order valence-electron chi connectivity index (χ2n) is 7.83. The Morgan fingerprint density at radius 1 is 1.26 bits per heavy atom. The molecule has 0 saturated carbocycles. The average molecular weight is 364 g/mol. The number of amides is 1. The summed E-state index contributed by atoms with van der Waals surface area (Å²) in [6.07, 6.45) is 5.39. The van der Waals surface area contributed by atoms with Crippen molar-refractivity contribution in [3.63, 3.8) is 0 Å². The number of aromatic nitrogens is 1. The molecule has 0 spiro atoms. The normalized spacial score (nSPS) is 19.3. The molecule has 1 aromatic heterocycles. The van der Waals surface area contributed by atoms with Gasteiger partial charge >= 0.3 is 0 Å². The van der Waals surface area contributed by atoms with E-state index in [0.717, 1.165) is 63.3 Å². The maximum atomic E-state index is 12.1. The van der Waals surface area contributed by atoms with Crippen molar-refractivity contribution >= 4 is 11.7 Å². The maximum absolute atomic E-state index is 12.1. The van der Waals surface area contributed by atoms with Gasteiger partial charge in [-0.1, -0.05) is 30.3 Å². The molecule has 1 amide bonds. The van der Waals surface area contributed by atoms with Crippen LogP contribution in [0.1, 0.15) is 46.4 Å². The number of pyridine rings is 1. The molecule has 1 unspecified atom stereocenters. The third kappa shape index (κ3) is 3.83. The molecule has 1 aliphatic carbocycles. The van der Waals surface area contributed by atoms with Gasteiger partial charge in [-0.25, -0.2) is 4.98 Å². The highest BCUT2D eigenvalue weighted by Gasteiger charge is 2.28. The van der Waals surface area contributed by atoms with Gasteiger partial charge in [-0.3, -0.25) is 9.69 Å². The molecule has 2 N–H and O–H groups in total. The number of hydrogen-bond acceptors (Lipinski definition) is 4. The number of benzene rings is 1. The highest BCUT2D eigenvalue weighted by atomic mass is 16.1. The third-order valence-electron chi connectivity index (χ3n) is 5.89. The largest absolute Gasteiger partial charge is 0.365 e. The van der Waals surface area contributed by atoms with Crippen LogP contribution in [0.15, 0.2) is 36.4 Å². The van der Waals surface area contributed by atoms with E-state index in [-0.39, 0.29) is 5.91 Å². The second kappa shape index (κ2) is 7.69. The Labute approximate surface area is 161 Å². The molecule has 142 valence electrons. The molecule has 1 saturated heterocycles. The van der Waals surface area contributed by atoms with Crippen molar-refractivity contribution in [2.45, 2.75) is 44.7 Å². The van der Waals surface area contributed by atoms with Gasteiger partial charge in [0.25, 0.3) is 5.91 Å². The van der Waals surface area contributed by atoms with Gasteiger partial charge < -0.3 is 10.6 Å². The molecule has 2 heterocycles. The predicted molar refractivity (Wildman–Crippen MR) is 108 cm³/mol. The van der Waals surface area contributed by atoms with Crippen molar-refractivity contribution in [3.8, 4) is 0 Å². The number of likely N-dealkylation sites (N-methyl/N-ethyl adjacent to an activating group) is 1. The van der Waals surface area contributed by atoms with Crippen LogP contribution in [-0.2, 0) is 19.4 Å². The standard InChI is InChI=1S/C22H28N4O/c1-25(14-16-7-3-2-4-8-16)18-10-6-12-26(15-18)22-19(21(23)27)13-17-9-5-11-20(17)24-22/h2-4,7-8,13,18H,5-6,9-12,14-15H2,1H3,(H2,23,27). The first-order valence-electron chi connectivity index (χ1n) is 9.93. The average Bonchev–Trinajstić information content (AvgIpc) is 3.15. The van der Waals surface area contributed by atoms with E-state index in [1.54, 1.807) is 0 Å². The minimum atomic E-state index is -0.369. The van der Waals surface area contributed by atoms with Crippen molar-refractivity contribution in [1.82, 2.24) is 9.88 Å². The zero-order valence-corrected chi connectivity index (χ0v) is 16.0. The number of nitrogens with two attached hydrogens (primary N) is 1. The van der Waals surface area contributed by atoms with E-state index in [1.165, 1.54) is 11.1 Å². The van der Waals surface area contributed by atoms with Crippen LogP contribution in [-0.4, -0.2) is 42.0 Å². The zero-order chi connectivity index (χ0) is 18.8. The number of hydrogen-bond donors (Lipinski definition) is 1. The number of primary amides is 1. The van der Waals surface area contributed by atoms with Crippen LogP contribution in [0.2, 0.25) is 0 Å². The van der Waals surface area contributed by atoms with Crippen molar-refractivity contribution in [2.75, 3.05) is 25.0 Å². The van der Waals surface area contributed by atoms with E-state index < -0.39 is 0 Å². The number of carbonyl (C=O) groups excluding carboxylic acids is 1. The van der Waals surface area contributed by atoms with Crippen molar-refractivity contribution in [1.29, 1.82) is 0 Å². The Bertz CT molecular complexity index is 821. The van der Waals surface area contributed by atoms with Gasteiger partial charge in [-0.2, -0.15) is 0 Å². The summed E-state index contributed by atoms with van der Waals surface area (Å²) >= 11 is 0. The first-order chi connectivity index (χ1) is 13.1. The van der Waals surface area contributed by atoms with Gasteiger partial charge in [0.15, 0.2) is 0 Å². The number of rotatable bonds is 5. The Kier molecular flexibility index (Phi) is 5.12. The number of carbonyl (C=O) groups is 1. The molecular weight excluding hydrogens is 336 g/mol. The molecule has 1 aromatic carbocycles. The molecule has 2 aromatic rings. The first-order valence-corrected chi connectivity index (χ1v) is 9.93. The number of anilines is 1. The highest BCUT2D eigenvalue weighted by molar-refractivity contribution is 5.98. The third-order valence-corrected chi connectivity index (χ3v) is 5.89. The number of piperidine rings is 1. The Morgan fingerprint density at radius 3 is 2.85 bits per heavy atom. The maximum Gasteiger partial charge on any atom is 0.252 e. The van der Waals surface area contributed by atoms with Crippen LogP contribution in [0, 0.1) is 0 Å². The number of nitrogens with zero attached hydrogens (tertiary/aromatic N) is 3. The minimum absolute atomic E-state index is 0.369. The van der Waals surface area contributed by atoms with Crippen molar-refractivity contribution in [2.24, 2.45) is 5.73 Å². The highest BCUT2D eigenvalue weighted by Crippen LogP contribution is 2.29. The summed E-state index contributed by atoms with van der Waals surface area (Å²) in [5.41, 5.74) is 9.95. The summed E-state index contributed by atoms with van der Waals surface area (Å²) in [4.78, 5) is 21.6. The molecule has 4 rings (SSSR count). The predicted octanol–water partition coefficient (Wildman–Crippen LogP) is 2.77. The SMILES string of the molecule is CN(Cc1ccccc1)C1CCCN(c2nc3c(cc2C(N)=O)CCC3)C1. The molecule has 1 atom stereocenters. The minimum Gasteiger partial charge on any atom is -0.365 e. The van der Waals surface area contributed by atoms with E-state index in [1.807, 2.05) is 6.07 Å². The summed E-state index contributed by atoms with van der Waals surface area (Å²) in [5, 5.41) is 0. The first kappa shape index (κ1) is 18.0. The molecule has 2 aliphatic rings. The van der Waals surface area contributed by atoms with Crippen molar-refractivity contribution < 1.29 is 4.79 Å². The molecular formula is C22H28N4O. The lowest BCUT2D eigenvalue weighted by atomic mass is 10.0. The molecule has 5 heteroatoms. The molecule has 27 heavy (non-hydrogen) atoms. The van der Waals surface area contributed by atoms with Gasteiger partial charge in [-0.05, 0) is 56.3 Å². The van der Waals surface area contributed by atoms with Crippen LogP contribution in [0.5, 0.6) is 0 Å². The van der Waals surface area contributed by atoms with Crippen LogP contribution in [0.4, 0.5) is 5.82 Å². The Balaban J connectivity index is 1.54. The molecule has 1 fully saturated rings. The summed E-state index contributed by atoms with van der Waals surface area (Å²) in [6, 6.07) is 13.0. The van der Waals surface area contributed by atoms with E-state index in [9.17, 15) is 4.79 Å². The molecule has 0 bridgehead atoms. The fourth-order valence-electron chi connectivity index (χ4n) is 4.39. The van der Waals surface area contributed by atoms with Gasteiger partial charge in [-0.15, -0.1) is 0 Å². The van der Waals surface area contributed by atoms with Gasteiger partial charge in [0, 0.05) is 31.4 Å². The summed E-state index contributed by atoms with van der Waals surface area (Å²) in [6.45, 7) is 2.75. The van der Waals surface area contributed by atoms with Gasteiger partial charge in [0.1, 0.15) is 5.82 Å². The lowest BCUT2D eigenvalue weighted by Gasteiger charge is -2.39. The lowest BCUT2D eigenvalue weighted by molar-refractivity contribution is 0.1000. The summed E-state index contributed by atoms with van der Waals surface area (Å²) in [7, 11) is 2.19. The zero-order valence-electron chi connectivity index (χ0n) is 16.0. The van der Waals surface area contributed by atoms with E-state index in [4.69, 9.17) is 10.7 Å². The summed E-state index contributed by atoms with van der Waals surface area (Å²) < 4.78 is 0. The number of aryl methyl sites for hydroxylation is 2. The lowest BCUT2D eigenvalue weighted by Crippen LogP contribution is -2.47. The van der Waals surface area contributed by atoms with Gasteiger partial charge in [0.05, 0.1) is 5.56 Å². The Hall–Kier alpha value is -2.40. The molecule has 0 radical (unpaired) electrons. The van der Waals surface area contributed by atoms with Crippen molar-refractivity contribution in [3.05, 3.63) is 58.8 Å². The Morgan fingerprint density at radius 2 is 2.07 bits per heavy atom. The molecule has 1 aliphatic heterocycles. The van der Waals surface area contributed by atoms with Gasteiger partial charge in [0.2, 0.25) is 0 Å². The fourth-order valence-corrected chi connectivity index (χ4v) is 4.39. The monoisotopic (exact) mass is 364 g/mol. The quantitative estimate of drug-likeness (QED) is 0.886. The topological polar surface area (TPSA) is 62.5 Å². The van der Waals surface area contributed by atoms with E-state index >= 15 is 0 Å². The second-order valence-corrected chi connectivity index (χ2v) is 7.83. The van der Waals surface area contributed by atoms with Crippen LogP contribution >= 0.6 is 0 Å². The fraction of sp³-hybridized carbons (Fsp3) is 0.455. The number of fused-ring (bicyclic) bond motifs is 1. The van der Waals surface area contributed by atoms with E-state index in [2.05, 4.69) is 47.2 Å². The van der Waals surface area contributed by atoms with Crippen LogP contribution in [0.25, 0.3) is 0 Å². The smallest absolute Gasteiger partial charge is 0.252 e. The summed E-state index contributed by atoms with van der Waals surface area (Å²) in [5.74, 6) is 0.424. The van der Waals surface area contributed by atoms with E-state index in [0.29, 0.717) is 11.6 Å². The van der Waals surface area contributed by atoms with Crippen LogP contribution in [0.3, 0.4) is 0 Å². The van der Waals surface area contributed by atoms with Crippen LogP contribution < -0.4 is 10.6 Å². The molecule has 5 nitrogen and oxygen atoms in total.